The predicted octanol–water partition coefficient (Wildman–Crippen LogP) is 0.884. The Kier molecular flexibility index (Phi) is 3.93. The van der Waals surface area contributed by atoms with Crippen LogP contribution in [-0.2, 0) is 17.9 Å². The van der Waals surface area contributed by atoms with E-state index in [1.54, 1.807) is 0 Å². The van der Waals surface area contributed by atoms with E-state index in [0.717, 1.165) is 17.5 Å². The minimum atomic E-state index is -0.514. The SMILES string of the molecule is O=C(Cn1nnn(C2CC2)c1=O)NCc1ccc(F)c(Cl)c1. The molecule has 1 aromatic carbocycles. The molecule has 1 aromatic heterocycles. The lowest BCUT2D eigenvalue weighted by atomic mass is 10.2. The van der Waals surface area contributed by atoms with Crippen molar-refractivity contribution in [2.75, 3.05) is 0 Å². The molecule has 0 atom stereocenters. The van der Waals surface area contributed by atoms with Gasteiger partial charge in [0.05, 0.1) is 11.1 Å². The lowest BCUT2D eigenvalue weighted by Crippen LogP contribution is -2.33. The first kappa shape index (κ1) is 14.7. The third-order valence-corrected chi connectivity index (χ3v) is 3.61. The van der Waals surface area contributed by atoms with E-state index < -0.39 is 5.82 Å². The summed E-state index contributed by atoms with van der Waals surface area (Å²) in [6, 6.07) is 4.31. The molecule has 1 aliphatic rings. The molecule has 0 bridgehead atoms. The molecule has 7 nitrogen and oxygen atoms in total. The summed E-state index contributed by atoms with van der Waals surface area (Å²) in [6.45, 7) is -0.0230. The standard InChI is InChI=1S/C13H13ClFN5O2/c14-10-5-8(1-4-11(10)15)6-16-12(21)7-19-13(22)20(18-17-19)9-2-3-9/h1,4-5,9H,2-3,6-7H2,(H,16,21). The van der Waals surface area contributed by atoms with Gasteiger partial charge in [0, 0.05) is 6.54 Å². The molecule has 1 aliphatic carbocycles. The van der Waals surface area contributed by atoms with E-state index in [9.17, 15) is 14.0 Å². The van der Waals surface area contributed by atoms with Crippen LogP contribution in [0.4, 0.5) is 4.39 Å². The van der Waals surface area contributed by atoms with Gasteiger partial charge in [0.2, 0.25) is 5.91 Å². The van der Waals surface area contributed by atoms with Gasteiger partial charge in [-0.15, -0.1) is 0 Å². The zero-order valence-electron chi connectivity index (χ0n) is 11.5. The Morgan fingerprint density at radius 2 is 2.18 bits per heavy atom. The van der Waals surface area contributed by atoms with Gasteiger partial charge in [-0.1, -0.05) is 17.7 Å². The lowest BCUT2D eigenvalue weighted by molar-refractivity contribution is -0.122. The third-order valence-electron chi connectivity index (χ3n) is 3.32. The molecule has 0 saturated heterocycles. The number of carbonyl (C=O) groups excluding carboxylic acids is 1. The molecular weight excluding hydrogens is 313 g/mol. The van der Waals surface area contributed by atoms with E-state index in [1.165, 1.54) is 22.9 Å². The molecule has 1 heterocycles. The maximum atomic E-state index is 13.0. The number of halogens is 2. The van der Waals surface area contributed by atoms with Crippen LogP contribution < -0.4 is 11.0 Å². The van der Waals surface area contributed by atoms with E-state index in [2.05, 4.69) is 15.7 Å². The number of hydrogen-bond donors (Lipinski definition) is 1. The van der Waals surface area contributed by atoms with Gasteiger partial charge in [0.25, 0.3) is 0 Å². The molecule has 0 radical (unpaired) electrons. The number of amides is 1. The minimum absolute atomic E-state index is 0.00431. The summed E-state index contributed by atoms with van der Waals surface area (Å²) >= 11 is 5.66. The molecule has 1 N–H and O–H groups in total. The first-order valence-electron chi connectivity index (χ1n) is 6.77. The monoisotopic (exact) mass is 325 g/mol. The molecule has 3 rings (SSSR count). The highest BCUT2D eigenvalue weighted by Gasteiger charge is 2.28. The molecule has 1 amide bonds. The second-order valence-corrected chi connectivity index (χ2v) is 5.53. The van der Waals surface area contributed by atoms with Gasteiger partial charge in [-0.05, 0) is 41.0 Å². The normalized spacial score (nSPS) is 14.1. The van der Waals surface area contributed by atoms with Crippen molar-refractivity contribution in [3.8, 4) is 0 Å². The Hall–Kier alpha value is -2.22. The van der Waals surface area contributed by atoms with Gasteiger partial charge in [-0.25, -0.2) is 9.18 Å². The summed E-state index contributed by atoms with van der Waals surface area (Å²) in [7, 11) is 0. The van der Waals surface area contributed by atoms with Gasteiger partial charge >= 0.3 is 5.69 Å². The fraction of sp³-hybridized carbons (Fsp3) is 0.385. The molecule has 9 heteroatoms. The highest BCUT2D eigenvalue weighted by atomic mass is 35.5. The second-order valence-electron chi connectivity index (χ2n) is 5.12. The molecule has 116 valence electrons. The Balaban J connectivity index is 1.58. The van der Waals surface area contributed by atoms with Gasteiger partial charge in [0.1, 0.15) is 12.4 Å². The van der Waals surface area contributed by atoms with Crippen molar-refractivity contribution >= 4 is 17.5 Å². The van der Waals surface area contributed by atoms with Crippen LogP contribution in [0.1, 0.15) is 24.4 Å². The average Bonchev–Trinajstić information content (AvgIpc) is 3.27. The van der Waals surface area contributed by atoms with Crippen molar-refractivity contribution in [1.29, 1.82) is 0 Å². The van der Waals surface area contributed by atoms with Crippen LogP contribution in [0.5, 0.6) is 0 Å². The summed E-state index contributed by atoms with van der Waals surface area (Å²) in [5, 5.41) is 10.0. The van der Waals surface area contributed by atoms with Crippen LogP contribution in [0, 0.1) is 5.82 Å². The van der Waals surface area contributed by atoms with Crippen molar-refractivity contribution in [3.63, 3.8) is 0 Å². The van der Waals surface area contributed by atoms with Crippen molar-refractivity contribution in [3.05, 3.63) is 45.1 Å². The van der Waals surface area contributed by atoms with E-state index in [0.29, 0.717) is 5.56 Å². The molecule has 22 heavy (non-hydrogen) atoms. The van der Waals surface area contributed by atoms with Crippen LogP contribution in [0.25, 0.3) is 0 Å². The Bertz CT molecular complexity index is 768. The fourth-order valence-electron chi connectivity index (χ4n) is 1.98. The van der Waals surface area contributed by atoms with Gasteiger partial charge in [0.15, 0.2) is 0 Å². The summed E-state index contributed by atoms with van der Waals surface area (Å²) < 4.78 is 15.3. The van der Waals surface area contributed by atoms with Crippen LogP contribution >= 0.6 is 11.6 Å². The van der Waals surface area contributed by atoms with Gasteiger partial charge < -0.3 is 5.32 Å². The molecule has 1 saturated carbocycles. The number of carbonyl (C=O) groups is 1. The zero-order valence-corrected chi connectivity index (χ0v) is 12.3. The van der Waals surface area contributed by atoms with Crippen LogP contribution in [0.15, 0.2) is 23.0 Å². The molecular formula is C13H13ClFN5O2. The number of rotatable bonds is 5. The van der Waals surface area contributed by atoms with E-state index in [1.807, 2.05) is 0 Å². The van der Waals surface area contributed by atoms with Gasteiger partial charge in [-0.2, -0.15) is 9.36 Å². The Morgan fingerprint density at radius 1 is 1.41 bits per heavy atom. The first-order valence-corrected chi connectivity index (χ1v) is 7.15. The molecule has 0 unspecified atom stereocenters. The first-order chi connectivity index (χ1) is 10.5. The van der Waals surface area contributed by atoms with E-state index >= 15 is 0 Å². The highest BCUT2D eigenvalue weighted by Crippen LogP contribution is 2.32. The van der Waals surface area contributed by atoms with Crippen molar-refractivity contribution in [2.45, 2.75) is 32.0 Å². The second kappa shape index (κ2) is 5.88. The maximum Gasteiger partial charge on any atom is 0.364 e. The van der Waals surface area contributed by atoms with Crippen LogP contribution in [0.3, 0.4) is 0 Å². The minimum Gasteiger partial charge on any atom is -0.350 e. The van der Waals surface area contributed by atoms with Crippen molar-refractivity contribution in [2.24, 2.45) is 0 Å². The van der Waals surface area contributed by atoms with Gasteiger partial charge in [-0.3, -0.25) is 4.79 Å². The molecule has 1 fully saturated rings. The fourth-order valence-corrected chi connectivity index (χ4v) is 2.18. The van der Waals surface area contributed by atoms with Crippen molar-refractivity contribution < 1.29 is 9.18 Å². The van der Waals surface area contributed by atoms with E-state index in [4.69, 9.17) is 11.6 Å². The molecule has 0 aliphatic heterocycles. The number of hydrogen-bond acceptors (Lipinski definition) is 4. The number of aromatic nitrogens is 4. The number of tetrazole rings is 1. The zero-order chi connectivity index (χ0) is 15.7. The Morgan fingerprint density at radius 3 is 2.86 bits per heavy atom. The highest BCUT2D eigenvalue weighted by molar-refractivity contribution is 6.30. The molecule has 2 aromatic rings. The quantitative estimate of drug-likeness (QED) is 0.885. The van der Waals surface area contributed by atoms with Crippen molar-refractivity contribution in [1.82, 2.24) is 25.1 Å². The Labute approximate surface area is 129 Å². The number of benzene rings is 1. The maximum absolute atomic E-state index is 13.0. The summed E-state index contributed by atoms with van der Waals surface area (Å²) in [5.74, 6) is -0.898. The van der Waals surface area contributed by atoms with Crippen LogP contribution in [-0.4, -0.2) is 25.7 Å². The summed E-state index contributed by atoms with van der Waals surface area (Å²) in [4.78, 5) is 23.7. The van der Waals surface area contributed by atoms with Crippen LogP contribution in [0.2, 0.25) is 5.02 Å². The smallest absolute Gasteiger partial charge is 0.350 e. The van der Waals surface area contributed by atoms with E-state index in [-0.39, 0.29) is 35.8 Å². The number of nitrogens with zero attached hydrogens (tertiary/aromatic N) is 4. The largest absolute Gasteiger partial charge is 0.364 e. The summed E-state index contributed by atoms with van der Waals surface area (Å²) in [6.07, 6.45) is 1.83. The predicted molar refractivity (Wildman–Crippen MR) is 75.8 cm³/mol. The summed E-state index contributed by atoms with van der Waals surface area (Å²) in [5.41, 5.74) is 0.274. The number of nitrogens with one attached hydrogen (secondary N) is 1. The third kappa shape index (κ3) is 3.16. The lowest BCUT2D eigenvalue weighted by Gasteiger charge is -2.05. The average molecular weight is 326 g/mol. The molecule has 0 spiro atoms. The topological polar surface area (TPSA) is 81.8 Å².